The third-order valence-electron chi connectivity index (χ3n) is 6.73. The topological polar surface area (TPSA) is 58.6 Å². The lowest BCUT2D eigenvalue weighted by Gasteiger charge is -2.50. The van der Waals surface area contributed by atoms with Crippen LogP contribution in [0.25, 0.3) is 0 Å². The maximum absolute atomic E-state index is 13.8. The van der Waals surface area contributed by atoms with Crippen LogP contribution < -0.4 is 5.32 Å². The molecule has 2 aromatic rings. The van der Waals surface area contributed by atoms with Crippen molar-refractivity contribution in [2.24, 2.45) is 0 Å². The van der Waals surface area contributed by atoms with Crippen molar-refractivity contribution in [2.75, 3.05) is 20.3 Å². The number of fused-ring (bicyclic) bond motifs is 1. The van der Waals surface area contributed by atoms with E-state index in [2.05, 4.69) is 5.32 Å². The van der Waals surface area contributed by atoms with E-state index in [4.69, 9.17) is 4.74 Å². The minimum atomic E-state index is -0.482. The molecule has 5 heteroatoms. The molecule has 1 heterocycles. The van der Waals surface area contributed by atoms with Gasteiger partial charge in [-0.1, -0.05) is 61.4 Å². The molecular formula is C25H30N2O3. The Balaban J connectivity index is 1.73. The normalized spacial score (nSPS) is 20.8. The fourth-order valence-corrected chi connectivity index (χ4v) is 5.30. The van der Waals surface area contributed by atoms with Gasteiger partial charge >= 0.3 is 0 Å². The van der Waals surface area contributed by atoms with Gasteiger partial charge in [0.2, 0.25) is 5.91 Å². The van der Waals surface area contributed by atoms with Crippen LogP contribution in [0.15, 0.2) is 54.6 Å². The Morgan fingerprint density at radius 2 is 1.80 bits per heavy atom. The molecule has 0 aromatic heterocycles. The van der Waals surface area contributed by atoms with Gasteiger partial charge in [0.1, 0.15) is 0 Å². The summed E-state index contributed by atoms with van der Waals surface area (Å²) < 4.78 is 5.31. The zero-order chi connectivity index (χ0) is 21.1. The highest BCUT2D eigenvalue weighted by Gasteiger charge is 2.55. The summed E-state index contributed by atoms with van der Waals surface area (Å²) in [4.78, 5) is 29.1. The van der Waals surface area contributed by atoms with Gasteiger partial charge in [0.15, 0.2) is 0 Å². The zero-order valence-corrected chi connectivity index (χ0v) is 17.8. The summed E-state index contributed by atoms with van der Waals surface area (Å²) in [5, 5.41) is 3.24. The second-order valence-electron chi connectivity index (χ2n) is 8.42. The quantitative estimate of drug-likeness (QED) is 0.787. The molecule has 1 aliphatic carbocycles. The summed E-state index contributed by atoms with van der Waals surface area (Å²) in [6.45, 7) is 2.98. The number of nitrogens with one attached hydrogen (secondary N) is 1. The van der Waals surface area contributed by atoms with Crippen molar-refractivity contribution in [1.29, 1.82) is 0 Å². The maximum atomic E-state index is 13.8. The molecule has 2 amide bonds. The SMILES string of the molecule is COCCN1C(=O)c2ccccc2[C@@H](C(=O)N[C@H](C)c2ccccc2)C12CCCC2. The monoisotopic (exact) mass is 406 g/mol. The summed E-state index contributed by atoms with van der Waals surface area (Å²) in [5.41, 5.74) is 2.09. The van der Waals surface area contributed by atoms with Crippen molar-refractivity contribution in [3.63, 3.8) is 0 Å². The number of hydrogen-bond acceptors (Lipinski definition) is 3. The molecule has 2 atom stereocenters. The van der Waals surface area contributed by atoms with E-state index < -0.39 is 5.54 Å². The van der Waals surface area contributed by atoms with Gasteiger partial charge in [0.25, 0.3) is 5.91 Å². The van der Waals surface area contributed by atoms with E-state index in [-0.39, 0.29) is 23.8 Å². The second-order valence-corrected chi connectivity index (χ2v) is 8.42. The van der Waals surface area contributed by atoms with Crippen molar-refractivity contribution in [1.82, 2.24) is 10.2 Å². The second kappa shape index (κ2) is 8.60. The van der Waals surface area contributed by atoms with Crippen LogP contribution in [-0.4, -0.2) is 42.5 Å². The predicted molar refractivity (Wildman–Crippen MR) is 116 cm³/mol. The number of carbonyl (C=O) groups excluding carboxylic acids is 2. The lowest BCUT2D eigenvalue weighted by Crippen LogP contribution is -2.61. The van der Waals surface area contributed by atoms with Crippen LogP contribution in [0, 0.1) is 0 Å². The van der Waals surface area contributed by atoms with Crippen molar-refractivity contribution in [2.45, 2.75) is 50.1 Å². The Morgan fingerprint density at radius 1 is 1.13 bits per heavy atom. The average molecular weight is 407 g/mol. The minimum Gasteiger partial charge on any atom is -0.383 e. The van der Waals surface area contributed by atoms with Gasteiger partial charge in [-0.25, -0.2) is 0 Å². The van der Waals surface area contributed by atoms with Crippen LogP contribution in [-0.2, 0) is 9.53 Å². The van der Waals surface area contributed by atoms with Crippen molar-refractivity contribution >= 4 is 11.8 Å². The van der Waals surface area contributed by atoms with Gasteiger partial charge in [-0.15, -0.1) is 0 Å². The molecule has 1 aliphatic heterocycles. The molecule has 2 aromatic carbocycles. The number of hydrogen-bond donors (Lipinski definition) is 1. The molecular weight excluding hydrogens is 376 g/mol. The van der Waals surface area contributed by atoms with Gasteiger partial charge in [-0.2, -0.15) is 0 Å². The minimum absolute atomic E-state index is 0.00406. The molecule has 0 saturated heterocycles. The summed E-state index contributed by atoms with van der Waals surface area (Å²) in [6.07, 6.45) is 3.73. The Bertz CT molecular complexity index is 906. The van der Waals surface area contributed by atoms with Gasteiger partial charge in [0.05, 0.1) is 24.1 Å². The number of methoxy groups -OCH3 is 1. The van der Waals surface area contributed by atoms with Crippen LogP contribution in [0.2, 0.25) is 0 Å². The van der Waals surface area contributed by atoms with Gasteiger partial charge in [-0.05, 0) is 37.0 Å². The van der Waals surface area contributed by atoms with Crippen molar-refractivity contribution in [3.8, 4) is 0 Å². The smallest absolute Gasteiger partial charge is 0.254 e. The van der Waals surface area contributed by atoms with Crippen LogP contribution in [0.1, 0.15) is 66.1 Å². The molecule has 0 unspecified atom stereocenters. The Morgan fingerprint density at radius 3 is 2.50 bits per heavy atom. The Labute approximate surface area is 178 Å². The molecule has 158 valence electrons. The molecule has 0 radical (unpaired) electrons. The lowest BCUT2D eigenvalue weighted by atomic mass is 9.71. The molecule has 5 nitrogen and oxygen atoms in total. The van der Waals surface area contributed by atoms with E-state index in [9.17, 15) is 9.59 Å². The molecule has 2 aliphatic rings. The summed E-state index contributed by atoms with van der Waals surface area (Å²) >= 11 is 0. The van der Waals surface area contributed by atoms with E-state index in [0.717, 1.165) is 36.8 Å². The van der Waals surface area contributed by atoms with Crippen molar-refractivity contribution < 1.29 is 14.3 Å². The van der Waals surface area contributed by atoms with E-state index in [0.29, 0.717) is 18.7 Å². The van der Waals surface area contributed by atoms with Gasteiger partial charge < -0.3 is 15.0 Å². The van der Waals surface area contributed by atoms with E-state index in [1.807, 2.05) is 66.4 Å². The highest BCUT2D eigenvalue weighted by atomic mass is 16.5. The fraction of sp³-hybridized carbons (Fsp3) is 0.440. The van der Waals surface area contributed by atoms with Crippen LogP contribution >= 0.6 is 0 Å². The van der Waals surface area contributed by atoms with Crippen LogP contribution in [0.4, 0.5) is 0 Å². The van der Waals surface area contributed by atoms with Crippen LogP contribution in [0.3, 0.4) is 0 Å². The third kappa shape index (κ3) is 3.52. The summed E-state index contributed by atoms with van der Waals surface area (Å²) in [6, 6.07) is 17.5. The van der Waals surface area contributed by atoms with Gasteiger partial charge in [0, 0.05) is 19.2 Å². The number of rotatable bonds is 6. The zero-order valence-electron chi connectivity index (χ0n) is 17.8. The third-order valence-corrected chi connectivity index (χ3v) is 6.73. The lowest BCUT2D eigenvalue weighted by molar-refractivity contribution is -0.127. The fourth-order valence-electron chi connectivity index (χ4n) is 5.30. The molecule has 0 bridgehead atoms. The first-order valence-electron chi connectivity index (χ1n) is 10.8. The maximum Gasteiger partial charge on any atom is 0.254 e. The van der Waals surface area contributed by atoms with E-state index >= 15 is 0 Å². The van der Waals surface area contributed by atoms with Gasteiger partial charge in [-0.3, -0.25) is 9.59 Å². The molecule has 1 saturated carbocycles. The molecule has 4 rings (SSSR count). The number of carbonyl (C=O) groups is 2. The summed E-state index contributed by atoms with van der Waals surface area (Å²) in [5.74, 6) is -0.364. The first-order chi connectivity index (χ1) is 14.6. The highest BCUT2D eigenvalue weighted by molar-refractivity contribution is 6.02. The summed E-state index contributed by atoms with van der Waals surface area (Å²) in [7, 11) is 1.65. The molecule has 1 N–H and O–H groups in total. The highest BCUT2D eigenvalue weighted by Crippen LogP contribution is 2.50. The molecule has 30 heavy (non-hydrogen) atoms. The standard InChI is InChI=1S/C25H30N2O3/c1-18(19-10-4-3-5-11-19)26-23(28)22-20-12-6-7-13-21(20)24(29)27(16-17-30-2)25(22)14-8-9-15-25/h3-7,10-13,18,22H,8-9,14-17H2,1-2H3,(H,26,28)/t18-,22+/m1/s1. The number of ether oxygens (including phenoxy) is 1. The molecule has 1 spiro atoms. The number of benzene rings is 2. The van der Waals surface area contributed by atoms with E-state index in [1.165, 1.54) is 0 Å². The van der Waals surface area contributed by atoms with Crippen molar-refractivity contribution in [3.05, 3.63) is 71.3 Å². The predicted octanol–water partition coefficient (Wildman–Crippen LogP) is 4.06. The average Bonchev–Trinajstić information content (AvgIpc) is 3.24. The van der Waals surface area contributed by atoms with E-state index in [1.54, 1.807) is 7.11 Å². The Hall–Kier alpha value is -2.66. The first-order valence-corrected chi connectivity index (χ1v) is 10.8. The van der Waals surface area contributed by atoms with Crippen LogP contribution in [0.5, 0.6) is 0 Å². The number of nitrogens with zero attached hydrogens (tertiary/aromatic N) is 1. The Kier molecular flexibility index (Phi) is 5.91. The first kappa shape index (κ1) is 20.6. The molecule has 1 fully saturated rings. The number of amides is 2. The largest absolute Gasteiger partial charge is 0.383 e.